The number of carbonyl (C=O) groups excluding carboxylic acids is 1. The first-order chi connectivity index (χ1) is 13.0. The highest BCUT2D eigenvalue weighted by molar-refractivity contribution is 6.41. The predicted octanol–water partition coefficient (Wildman–Crippen LogP) is 3.48. The summed E-state index contributed by atoms with van der Waals surface area (Å²) in [5.74, 6) is 0.458. The summed E-state index contributed by atoms with van der Waals surface area (Å²) in [6.07, 6.45) is 1.29. The van der Waals surface area contributed by atoms with Gasteiger partial charge in [-0.25, -0.2) is 0 Å². The molecule has 3 rings (SSSR count). The van der Waals surface area contributed by atoms with Crippen molar-refractivity contribution in [3.8, 4) is 11.4 Å². The van der Waals surface area contributed by atoms with Crippen molar-refractivity contribution in [2.24, 2.45) is 0 Å². The number of carbonyl (C=O) groups is 1. The van der Waals surface area contributed by atoms with Crippen LogP contribution in [0.5, 0.6) is 5.75 Å². The minimum atomic E-state index is -0.530. The van der Waals surface area contributed by atoms with Gasteiger partial charge in [0.2, 0.25) is 0 Å². The summed E-state index contributed by atoms with van der Waals surface area (Å²) in [4.78, 5) is 24.5. The largest absolute Gasteiger partial charge is 0.496 e. The number of hydrogen-bond acceptors (Lipinski definition) is 4. The van der Waals surface area contributed by atoms with Gasteiger partial charge in [0.15, 0.2) is 0 Å². The van der Waals surface area contributed by atoms with Crippen LogP contribution < -0.4 is 15.6 Å². The molecule has 138 valence electrons. The predicted molar refractivity (Wildman–Crippen MR) is 104 cm³/mol. The maximum Gasteiger partial charge on any atom is 0.291 e. The Kier molecular flexibility index (Phi) is 5.78. The van der Waals surface area contributed by atoms with Crippen molar-refractivity contribution < 1.29 is 9.53 Å². The van der Waals surface area contributed by atoms with Crippen LogP contribution in [0.1, 0.15) is 15.9 Å². The first-order valence-electron chi connectivity index (χ1n) is 7.95. The summed E-state index contributed by atoms with van der Waals surface area (Å²) in [5.41, 5.74) is 1.26. The Bertz CT molecular complexity index is 1030. The van der Waals surface area contributed by atoms with Crippen molar-refractivity contribution >= 4 is 29.1 Å². The Labute approximate surface area is 165 Å². The summed E-state index contributed by atoms with van der Waals surface area (Å²) < 4.78 is 6.38. The zero-order valence-corrected chi connectivity index (χ0v) is 15.8. The lowest BCUT2D eigenvalue weighted by Crippen LogP contribution is -2.24. The van der Waals surface area contributed by atoms with Crippen molar-refractivity contribution in [2.45, 2.75) is 6.54 Å². The third kappa shape index (κ3) is 4.13. The number of ether oxygens (including phenoxy) is 1. The Morgan fingerprint density at radius 3 is 2.56 bits per heavy atom. The molecule has 3 aromatic rings. The van der Waals surface area contributed by atoms with E-state index in [0.29, 0.717) is 23.5 Å². The number of rotatable bonds is 5. The van der Waals surface area contributed by atoms with E-state index in [0.717, 1.165) is 10.2 Å². The highest BCUT2D eigenvalue weighted by atomic mass is 35.5. The molecule has 0 aliphatic rings. The minimum absolute atomic E-state index is 0.0882. The average molecular weight is 404 g/mol. The minimum Gasteiger partial charge on any atom is -0.496 e. The molecule has 0 fully saturated rings. The smallest absolute Gasteiger partial charge is 0.291 e. The van der Waals surface area contributed by atoms with Crippen LogP contribution in [-0.4, -0.2) is 22.8 Å². The molecule has 0 spiro atoms. The highest BCUT2D eigenvalue weighted by Crippen LogP contribution is 2.18. The van der Waals surface area contributed by atoms with Crippen molar-refractivity contribution in [2.75, 3.05) is 7.11 Å². The van der Waals surface area contributed by atoms with E-state index in [9.17, 15) is 9.59 Å². The Hall–Kier alpha value is -2.83. The molecule has 2 aromatic carbocycles. The number of halogens is 2. The monoisotopic (exact) mass is 403 g/mol. The normalized spacial score (nSPS) is 10.5. The molecule has 1 heterocycles. The van der Waals surface area contributed by atoms with E-state index < -0.39 is 5.56 Å². The van der Waals surface area contributed by atoms with Crippen molar-refractivity contribution in [3.05, 3.63) is 86.3 Å². The van der Waals surface area contributed by atoms with Crippen LogP contribution in [0.4, 0.5) is 0 Å². The summed E-state index contributed by atoms with van der Waals surface area (Å²) in [7, 11) is 1.58. The van der Waals surface area contributed by atoms with Crippen LogP contribution in [0.3, 0.4) is 0 Å². The van der Waals surface area contributed by atoms with Gasteiger partial charge in [0.05, 0.1) is 24.0 Å². The Balaban J connectivity index is 1.74. The quantitative estimate of drug-likeness (QED) is 0.707. The second kappa shape index (κ2) is 8.24. The number of aromatic nitrogens is 2. The zero-order chi connectivity index (χ0) is 19.4. The van der Waals surface area contributed by atoms with E-state index in [-0.39, 0.29) is 16.0 Å². The zero-order valence-electron chi connectivity index (χ0n) is 14.3. The molecule has 1 amide bonds. The second-order valence-electron chi connectivity index (χ2n) is 5.56. The van der Waals surface area contributed by atoms with Crippen molar-refractivity contribution in [1.29, 1.82) is 0 Å². The van der Waals surface area contributed by atoms with E-state index in [1.807, 2.05) is 24.3 Å². The van der Waals surface area contributed by atoms with Crippen molar-refractivity contribution in [3.63, 3.8) is 0 Å². The molecular weight excluding hydrogens is 389 g/mol. The van der Waals surface area contributed by atoms with Crippen LogP contribution in [-0.2, 0) is 6.54 Å². The van der Waals surface area contributed by atoms with Gasteiger partial charge in [-0.3, -0.25) is 9.59 Å². The molecule has 0 atom stereocenters. The van der Waals surface area contributed by atoms with E-state index in [1.54, 1.807) is 31.4 Å². The second-order valence-corrected chi connectivity index (χ2v) is 6.35. The molecule has 6 nitrogen and oxygen atoms in total. The molecule has 0 aliphatic carbocycles. The van der Waals surface area contributed by atoms with Crippen LogP contribution in [0.2, 0.25) is 10.0 Å². The van der Waals surface area contributed by atoms with E-state index in [2.05, 4.69) is 10.4 Å². The topological polar surface area (TPSA) is 73.2 Å². The number of methoxy groups -OCH3 is 1. The van der Waals surface area contributed by atoms with Gasteiger partial charge >= 0.3 is 0 Å². The first-order valence-corrected chi connectivity index (χ1v) is 8.70. The van der Waals surface area contributed by atoms with Crippen molar-refractivity contribution in [1.82, 2.24) is 15.1 Å². The number of benzene rings is 2. The molecule has 1 aromatic heterocycles. The number of para-hydroxylation sites is 1. The van der Waals surface area contributed by atoms with E-state index in [4.69, 9.17) is 27.9 Å². The fourth-order valence-electron chi connectivity index (χ4n) is 2.48. The Morgan fingerprint density at radius 1 is 1.15 bits per heavy atom. The summed E-state index contributed by atoms with van der Waals surface area (Å²) in [6.45, 7) is 0.332. The molecule has 0 radical (unpaired) electrons. The molecule has 0 saturated carbocycles. The fourth-order valence-corrected chi connectivity index (χ4v) is 2.73. The molecule has 0 aliphatic heterocycles. The summed E-state index contributed by atoms with van der Waals surface area (Å²) in [5, 5.41) is 6.77. The average Bonchev–Trinajstić information content (AvgIpc) is 2.70. The molecule has 0 saturated heterocycles. The molecule has 1 N–H and O–H groups in total. The molecule has 0 bridgehead atoms. The van der Waals surface area contributed by atoms with Gasteiger partial charge in [0.25, 0.3) is 11.5 Å². The third-order valence-corrected chi connectivity index (χ3v) is 4.63. The van der Waals surface area contributed by atoms with Crippen LogP contribution in [0.25, 0.3) is 5.69 Å². The number of amides is 1. The lowest BCUT2D eigenvalue weighted by molar-refractivity contribution is 0.0950. The maximum atomic E-state index is 12.4. The molecule has 0 unspecified atom stereocenters. The van der Waals surface area contributed by atoms with Gasteiger partial charge < -0.3 is 10.1 Å². The highest BCUT2D eigenvalue weighted by Gasteiger charge is 2.11. The number of nitrogens with one attached hydrogen (secondary N) is 1. The fraction of sp³-hybridized carbons (Fsp3) is 0.105. The lowest BCUT2D eigenvalue weighted by Gasteiger charge is -2.10. The van der Waals surface area contributed by atoms with Gasteiger partial charge in [0.1, 0.15) is 10.8 Å². The van der Waals surface area contributed by atoms with Gasteiger partial charge in [-0.1, -0.05) is 41.4 Å². The summed E-state index contributed by atoms with van der Waals surface area (Å²) >= 11 is 11.6. The third-order valence-electron chi connectivity index (χ3n) is 3.88. The van der Waals surface area contributed by atoms with Crippen LogP contribution in [0.15, 0.2) is 59.5 Å². The Morgan fingerprint density at radius 2 is 1.85 bits per heavy atom. The van der Waals surface area contributed by atoms with Gasteiger partial charge in [-0.15, -0.1) is 0 Å². The molecule has 27 heavy (non-hydrogen) atoms. The van der Waals surface area contributed by atoms with Gasteiger partial charge in [0, 0.05) is 17.7 Å². The van der Waals surface area contributed by atoms with E-state index in [1.165, 1.54) is 6.20 Å². The first kappa shape index (κ1) is 18.9. The standard InChI is InChI=1S/C19H15Cl2N3O3/c1-27-16-5-3-2-4-13(16)10-22-18(25)12-6-8-14(9-7-12)24-19(26)17(21)15(20)11-23-24/h2-9,11H,10H2,1H3,(H,22,25). The van der Waals surface area contributed by atoms with Gasteiger partial charge in [-0.05, 0) is 30.3 Å². The van der Waals surface area contributed by atoms with Crippen LogP contribution >= 0.6 is 23.2 Å². The van der Waals surface area contributed by atoms with E-state index >= 15 is 0 Å². The summed E-state index contributed by atoms with van der Waals surface area (Å²) in [6, 6.07) is 13.9. The SMILES string of the molecule is COc1ccccc1CNC(=O)c1ccc(-n2ncc(Cl)c(Cl)c2=O)cc1. The molecular formula is C19H15Cl2N3O3. The van der Waals surface area contributed by atoms with Gasteiger partial charge in [-0.2, -0.15) is 9.78 Å². The number of hydrogen-bond donors (Lipinski definition) is 1. The number of nitrogens with zero attached hydrogens (tertiary/aromatic N) is 2. The van der Waals surface area contributed by atoms with Crippen LogP contribution in [0, 0.1) is 0 Å². The maximum absolute atomic E-state index is 12.4. The molecule has 8 heteroatoms. The lowest BCUT2D eigenvalue weighted by atomic mass is 10.1.